The number of hydrogen-bond acceptors (Lipinski definition) is 3. The fourth-order valence-electron chi connectivity index (χ4n) is 5.19. The number of rotatable bonds is 7. The lowest BCUT2D eigenvalue weighted by Gasteiger charge is -2.43. The first-order chi connectivity index (χ1) is 10.1. The molecule has 0 saturated heterocycles. The molecule has 22 heavy (non-hydrogen) atoms. The Hall–Kier alpha value is -0.120. The predicted molar refractivity (Wildman–Crippen MR) is 92.0 cm³/mol. The highest BCUT2D eigenvalue weighted by molar-refractivity contribution is 5.09. The van der Waals surface area contributed by atoms with E-state index >= 15 is 0 Å². The first kappa shape index (κ1) is 18.2. The van der Waals surface area contributed by atoms with Gasteiger partial charge in [0.15, 0.2) is 0 Å². The second kappa shape index (κ2) is 6.41. The Balaban J connectivity index is 1.90. The maximum absolute atomic E-state index is 10.4. The van der Waals surface area contributed by atoms with Gasteiger partial charge in [-0.05, 0) is 63.7 Å². The molecule has 2 aliphatic carbocycles. The average Bonchev–Trinajstić information content (AvgIpc) is 2.85. The van der Waals surface area contributed by atoms with Gasteiger partial charge in [0.1, 0.15) is 0 Å². The second-order valence-electron chi connectivity index (χ2n) is 9.17. The minimum Gasteiger partial charge on any atom is -0.389 e. The van der Waals surface area contributed by atoms with Crippen LogP contribution in [0.5, 0.6) is 0 Å². The molecule has 0 unspecified atom stereocenters. The van der Waals surface area contributed by atoms with Crippen molar-refractivity contribution in [2.24, 2.45) is 16.7 Å². The van der Waals surface area contributed by atoms with Gasteiger partial charge >= 0.3 is 0 Å². The van der Waals surface area contributed by atoms with E-state index in [4.69, 9.17) is 4.74 Å². The van der Waals surface area contributed by atoms with Gasteiger partial charge in [0, 0.05) is 18.6 Å². The highest BCUT2D eigenvalue weighted by Crippen LogP contribution is 2.63. The van der Waals surface area contributed by atoms with Crippen molar-refractivity contribution >= 4 is 0 Å². The van der Waals surface area contributed by atoms with Crippen molar-refractivity contribution < 1.29 is 9.84 Å². The summed E-state index contributed by atoms with van der Waals surface area (Å²) in [5, 5.41) is 10.4. The fourth-order valence-corrected chi connectivity index (χ4v) is 5.19. The smallest absolute Gasteiger partial charge is 0.0900 e. The number of aliphatic hydroxyl groups is 1. The van der Waals surface area contributed by atoms with Gasteiger partial charge in [-0.3, -0.25) is 4.90 Å². The number of fused-ring (bicyclic) bond motifs is 2. The molecule has 0 spiro atoms. The summed E-state index contributed by atoms with van der Waals surface area (Å²) in [4.78, 5) is 2.34. The normalized spacial score (nSPS) is 35.0. The van der Waals surface area contributed by atoms with Gasteiger partial charge < -0.3 is 9.84 Å². The van der Waals surface area contributed by atoms with E-state index in [1.165, 1.54) is 19.3 Å². The van der Waals surface area contributed by atoms with E-state index in [0.717, 1.165) is 5.92 Å². The summed E-state index contributed by atoms with van der Waals surface area (Å²) >= 11 is 0. The zero-order valence-corrected chi connectivity index (χ0v) is 15.7. The van der Waals surface area contributed by atoms with Crippen LogP contribution in [0, 0.1) is 16.7 Å². The third-order valence-corrected chi connectivity index (χ3v) is 6.34. The van der Waals surface area contributed by atoms with Gasteiger partial charge in [-0.25, -0.2) is 0 Å². The van der Waals surface area contributed by atoms with Gasteiger partial charge in [0.05, 0.1) is 18.8 Å². The van der Waals surface area contributed by atoms with Crippen LogP contribution in [0.25, 0.3) is 0 Å². The molecule has 0 aromatic carbocycles. The Morgan fingerprint density at radius 2 is 1.73 bits per heavy atom. The topological polar surface area (TPSA) is 32.7 Å². The molecule has 2 rings (SSSR count). The lowest BCUT2D eigenvalue weighted by atomic mass is 9.70. The fraction of sp³-hybridized carbons (Fsp3) is 1.00. The first-order valence-corrected chi connectivity index (χ1v) is 9.13. The van der Waals surface area contributed by atoms with Gasteiger partial charge in [0.25, 0.3) is 0 Å². The van der Waals surface area contributed by atoms with Crippen molar-refractivity contribution in [2.45, 2.75) is 92.0 Å². The van der Waals surface area contributed by atoms with E-state index in [2.05, 4.69) is 53.4 Å². The molecule has 0 amide bonds. The molecule has 0 heterocycles. The van der Waals surface area contributed by atoms with Crippen molar-refractivity contribution in [3.8, 4) is 0 Å². The van der Waals surface area contributed by atoms with Crippen molar-refractivity contribution in [3.05, 3.63) is 0 Å². The Labute approximate surface area is 137 Å². The minimum absolute atomic E-state index is 0.252. The van der Waals surface area contributed by atoms with Crippen LogP contribution in [0.2, 0.25) is 0 Å². The zero-order chi connectivity index (χ0) is 16.7. The summed E-state index contributed by atoms with van der Waals surface area (Å²) in [5.74, 6) is 0.794. The van der Waals surface area contributed by atoms with Crippen LogP contribution in [0.15, 0.2) is 0 Å². The van der Waals surface area contributed by atoms with Gasteiger partial charge in [0.2, 0.25) is 0 Å². The molecule has 0 aromatic rings. The molecular weight excluding hydrogens is 274 g/mol. The molecule has 1 N–H and O–H groups in total. The number of ether oxygens (including phenoxy) is 1. The molecule has 2 bridgehead atoms. The summed E-state index contributed by atoms with van der Waals surface area (Å²) in [6.07, 6.45) is 3.82. The van der Waals surface area contributed by atoms with Crippen LogP contribution in [-0.4, -0.2) is 47.4 Å². The number of hydrogen-bond donors (Lipinski definition) is 1. The minimum atomic E-state index is -0.400. The largest absolute Gasteiger partial charge is 0.389 e. The Kier molecular flexibility index (Phi) is 5.31. The lowest BCUT2D eigenvalue weighted by molar-refractivity contribution is -0.115. The molecule has 0 radical (unpaired) electrons. The molecule has 3 heteroatoms. The van der Waals surface area contributed by atoms with E-state index in [1.54, 1.807) is 0 Å². The second-order valence-corrected chi connectivity index (χ2v) is 9.17. The number of nitrogens with zero attached hydrogens (tertiary/aromatic N) is 1. The maximum Gasteiger partial charge on any atom is 0.0900 e. The molecule has 0 aliphatic heterocycles. The highest BCUT2D eigenvalue weighted by Gasteiger charge is 2.60. The van der Waals surface area contributed by atoms with E-state index in [-0.39, 0.29) is 5.41 Å². The molecule has 3 nitrogen and oxygen atoms in total. The molecule has 2 saturated carbocycles. The molecular formula is C19H37NO2. The van der Waals surface area contributed by atoms with Crippen molar-refractivity contribution in [1.29, 1.82) is 0 Å². The zero-order valence-electron chi connectivity index (χ0n) is 15.7. The van der Waals surface area contributed by atoms with Crippen molar-refractivity contribution in [3.63, 3.8) is 0 Å². The van der Waals surface area contributed by atoms with Crippen molar-refractivity contribution in [2.75, 3.05) is 13.2 Å². The van der Waals surface area contributed by atoms with E-state index in [9.17, 15) is 5.11 Å². The maximum atomic E-state index is 10.4. The Morgan fingerprint density at radius 1 is 1.14 bits per heavy atom. The van der Waals surface area contributed by atoms with Gasteiger partial charge in [-0.2, -0.15) is 0 Å². The molecule has 4 atom stereocenters. The summed E-state index contributed by atoms with van der Waals surface area (Å²) in [7, 11) is 0. The summed E-state index contributed by atoms with van der Waals surface area (Å²) in [6.45, 7) is 17.0. The monoisotopic (exact) mass is 311 g/mol. The molecule has 2 aliphatic rings. The van der Waals surface area contributed by atoms with Gasteiger partial charge in [-0.1, -0.05) is 20.8 Å². The predicted octanol–water partition coefficient (Wildman–Crippen LogP) is 3.70. The summed E-state index contributed by atoms with van der Waals surface area (Å²) in [6, 6.07) is 0.900. The average molecular weight is 312 g/mol. The van der Waals surface area contributed by atoms with E-state index < -0.39 is 6.10 Å². The highest BCUT2D eigenvalue weighted by atomic mass is 16.5. The molecule has 2 fully saturated rings. The van der Waals surface area contributed by atoms with Gasteiger partial charge in [-0.15, -0.1) is 0 Å². The third-order valence-electron chi connectivity index (χ3n) is 6.34. The van der Waals surface area contributed by atoms with Crippen LogP contribution in [-0.2, 0) is 4.74 Å². The van der Waals surface area contributed by atoms with Crippen LogP contribution in [0.1, 0.15) is 67.7 Å². The standard InChI is InChI=1S/C19H37NO2/c1-13(2)20(14(3)4)11-16(21)12-22-17-18(5,6)15-8-9-19(17,7)10-15/h13-17,21H,8-12H2,1-7H3/t15-,16+,17+,19-/m0/s1. The quantitative estimate of drug-likeness (QED) is 0.778. The third kappa shape index (κ3) is 3.37. The Bertz CT molecular complexity index is 367. The number of aliphatic hydroxyl groups excluding tert-OH is 1. The van der Waals surface area contributed by atoms with Crippen LogP contribution < -0.4 is 0 Å². The van der Waals surface area contributed by atoms with Crippen LogP contribution in [0.3, 0.4) is 0 Å². The Morgan fingerprint density at radius 3 is 2.18 bits per heavy atom. The van der Waals surface area contributed by atoms with Crippen molar-refractivity contribution in [1.82, 2.24) is 4.90 Å². The molecule has 0 aromatic heterocycles. The molecule has 130 valence electrons. The van der Waals surface area contributed by atoms with E-state index in [1.807, 2.05) is 0 Å². The van der Waals surface area contributed by atoms with Crippen LogP contribution >= 0.6 is 0 Å². The van der Waals surface area contributed by atoms with Crippen LogP contribution in [0.4, 0.5) is 0 Å². The summed E-state index contributed by atoms with van der Waals surface area (Å²) in [5.41, 5.74) is 0.576. The lowest BCUT2D eigenvalue weighted by Crippen LogP contribution is -2.46. The summed E-state index contributed by atoms with van der Waals surface area (Å²) < 4.78 is 6.30. The first-order valence-electron chi connectivity index (χ1n) is 9.13. The van der Waals surface area contributed by atoms with E-state index in [0.29, 0.717) is 36.8 Å². The SMILES string of the molecule is CC(C)N(C[C@@H](O)CO[C@@H]1C(C)(C)[C@H]2CC[C@@]1(C)C2)C(C)C.